The third kappa shape index (κ3) is 3.38. The number of rotatable bonds is 6. The van der Waals surface area contributed by atoms with Gasteiger partial charge in [0.1, 0.15) is 22.5 Å². The van der Waals surface area contributed by atoms with Crippen LogP contribution in [0.5, 0.6) is 0 Å². The standard InChI is InChI=1S/C20H25N5O2S/c1-12-22-23-17(28-12)11-21-9-10-25-19(26)14-6-4-5-13-16(24(2)3)8-7-15(18(13)14)20(25)27/h4-8,19-21,26-27H,9-11H2,1-3H3. The van der Waals surface area contributed by atoms with E-state index in [9.17, 15) is 10.2 Å². The van der Waals surface area contributed by atoms with Crippen LogP contribution in [-0.4, -0.2) is 52.5 Å². The van der Waals surface area contributed by atoms with Crippen LogP contribution >= 0.6 is 11.3 Å². The van der Waals surface area contributed by atoms with E-state index in [-0.39, 0.29) is 0 Å². The predicted octanol–water partition coefficient (Wildman–Crippen LogP) is 2.15. The minimum Gasteiger partial charge on any atom is -0.377 e. The highest BCUT2D eigenvalue weighted by atomic mass is 32.1. The first-order valence-corrected chi connectivity index (χ1v) is 10.1. The molecule has 0 amide bonds. The molecule has 2 atom stereocenters. The fraction of sp³-hybridized carbons (Fsp3) is 0.400. The van der Waals surface area contributed by atoms with Crippen LogP contribution in [0.25, 0.3) is 10.8 Å². The van der Waals surface area contributed by atoms with Crippen LogP contribution in [0.1, 0.15) is 33.6 Å². The molecule has 2 heterocycles. The van der Waals surface area contributed by atoms with Crippen molar-refractivity contribution in [3.8, 4) is 0 Å². The van der Waals surface area contributed by atoms with E-state index in [2.05, 4.69) is 15.5 Å². The molecule has 148 valence electrons. The van der Waals surface area contributed by atoms with Crippen LogP contribution < -0.4 is 10.2 Å². The maximum Gasteiger partial charge on any atom is 0.136 e. The molecule has 0 bridgehead atoms. The molecule has 2 unspecified atom stereocenters. The largest absolute Gasteiger partial charge is 0.377 e. The molecule has 0 spiro atoms. The van der Waals surface area contributed by atoms with Crippen molar-refractivity contribution in [3.05, 3.63) is 51.5 Å². The van der Waals surface area contributed by atoms with Gasteiger partial charge in [-0.15, -0.1) is 21.5 Å². The van der Waals surface area contributed by atoms with Gasteiger partial charge in [0.25, 0.3) is 0 Å². The highest BCUT2D eigenvalue weighted by Gasteiger charge is 2.33. The Morgan fingerprint density at radius 3 is 2.54 bits per heavy atom. The number of aromatic nitrogens is 2. The lowest BCUT2D eigenvalue weighted by molar-refractivity contribution is -0.109. The lowest BCUT2D eigenvalue weighted by Gasteiger charge is -2.38. The fourth-order valence-electron chi connectivity index (χ4n) is 3.82. The normalized spacial score (nSPS) is 19.3. The van der Waals surface area contributed by atoms with E-state index >= 15 is 0 Å². The number of nitrogens with one attached hydrogen (secondary N) is 1. The number of anilines is 1. The fourth-order valence-corrected chi connectivity index (χ4v) is 4.49. The molecule has 0 saturated carbocycles. The Hall–Kier alpha value is -2.10. The van der Waals surface area contributed by atoms with Crippen LogP contribution in [0.2, 0.25) is 0 Å². The van der Waals surface area contributed by atoms with E-state index in [1.165, 1.54) is 0 Å². The molecule has 0 fully saturated rings. The van der Waals surface area contributed by atoms with Gasteiger partial charge in [-0.25, -0.2) is 4.90 Å². The Morgan fingerprint density at radius 1 is 1.11 bits per heavy atom. The molecule has 0 aliphatic carbocycles. The number of hydrogen-bond acceptors (Lipinski definition) is 8. The topological polar surface area (TPSA) is 84.8 Å². The monoisotopic (exact) mass is 399 g/mol. The SMILES string of the molecule is Cc1nnc(CNCCN2C(O)c3cccc4c(N(C)C)ccc(c34)C2O)s1. The van der Waals surface area contributed by atoms with E-state index in [0.29, 0.717) is 19.6 Å². The van der Waals surface area contributed by atoms with Crippen LogP contribution in [0.3, 0.4) is 0 Å². The second-order valence-electron chi connectivity index (χ2n) is 7.21. The molecule has 3 N–H and O–H groups in total. The summed E-state index contributed by atoms with van der Waals surface area (Å²) in [6.07, 6.45) is -1.71. The summed E-state index contributed by atoms with van der Waals surface area (Å²) in [5.41, 5.74) is 2.74. The Balaban J connectivity index is 1.54. The molecule has 3 aromatic rings. The van der Waals surface area contributed by atoms with Crippen molar-refractivity contribution in [2.75, 3.05) is 32.1 Å². The molecule has 1 aromatic heterocycles. The lowest BCUT2D eigenvalue weighted by atomic mass is 9.91. The second kappa shape index (κ2) is 7.73. The quantitative estimate of drug-likeness (QED) is 0.548. The smallest absolute Gasteiger partial charge is 0.136 e. The Kier molecular flexibility index (Phi) is 5.31. The van der Waals surface area contributed by atoms with E-state index in [0.717, 1.165) is 37.6 Å². The first kappa shape index (κ1) is 19.2. The summed E-state index contributed by atoms with van der Waals surface area (Å²) in [6, 6.07) is 9.92. The number of hydrogen-bond donors (Lipinski definition) is 3. The van der Waals surface area contributed by atoms with Crippen LogP contribution in [0.4, 0.5) is 5.69 Å². The Bertz CT molecular complexity index is 974. The van der Waals surface area contributed by atoms with Crippen molar-refractivity contribution in [2.45, 2.75) is 25.9 Å². The summed E-state index contributed by atoms with van der Waals surface area (Å²) in [6.45, 7) is 3.69. The van der Waals surface area contributed by atoms with Crippen molar-refractivity contribution >= 4 is 27.8 Å². The first-order valence-electron chi connectivity index (χ1n) is 9.32. The lowest BCUT2D eigenvalue weighted by Crippen LogP contribution is -2.40. The van der Waals surface area contributed by atoms with E-state index in [1.54, 1.807) is 16.2 Å². The average Bonchev–Trinajstić information content (AvgIpc) is 3.09. The van der Waals surface area contributed by atoms with Crippen LogP contribution in [0, 0.1) is 6.92 Å². The van der Waals surface area contributed by atoms with Gasteiger partial charge in [0, 0.05) is 55.9 Å². The highest BCUT2D eigenvalue weighted by molar-refractivity contribution is 7.11. The number of nitrogens with zero attached hydrogens (tertiary/aromatic N) is 4. The first-order chi connectivity index (χ1) is 13.5. The average molecular weight is 400 g/mol. The Labute approximate surface area is 168 Å². The molecular weight excluding hydrogens is 374 g/mol. The number of aliphatic hydroxyl groups is 2. The molecule has 2 aromatic carbocycles. The zero-order chi connectivity index (χ0) is 19.8. The van der Waals surface area contributed by atoms with E-state index in [1.807, 2.05) is 56.3 Å². The summed E-state index contributed by atoms with van der Waals surface area (Å²) in [5.74, 6) is 0. The second-order valence-corrected chi connectivity index (χ2v) is 8.48. The maximum atomic E-state index is 11.0. The van der Waals surface area contributed by atoms with Gasteiger partial charge >= 0.3 is 0 Å². The van der Waals surface area contributed by atoms with E-state index < -0.39 is 12.5 Å². The van der Waals surface area contributed by atoms with Crippen molar-refractivity contribution in [1.29, 1.82) is 0 Å². The van der Waals surface area contributed by atoms with Crippen molar-refractivity contribution < 1.29 is 10.2 Å². The van der Waals surface area contributed by atoms with Gasteiger partial charge in [0.05, 0.1) is 0 Å². The maximum absolute atomic E-state index is 11.0. The van der Waals surface area contributed by atoms with Gasteiger partial charge in [-0.1, -0.05) is 24.3 Å². The highest BCUT2D eigenvalue weighted by Crippen LogP contribution is 2.43. The van der Waals surface area contributed by atoms with Crippen LogP contribution in [0.15, 0.2) is 30.3 Å². The number of aliphatic hydroxyl groups excluding tert-OH is 2. The minimum absolute atomic E-state index is 0.505. The summed E-state index contributed by atoms with van der Waals surface area (Å²) >= 11 is 1.56. The third-order valence-electron chi connectivity index (χ3n) is 5.14. The zero-order valence-electron chi connectivity index (χ0n) is 16.3. The molecular formula is C20H25N5O2S. The number of benzene rings is 2. The summed E-state index contributed by atoms with van der Waals surface area (Å²) < 4.78 is 0. The van der Waals surface area contributed by atoms with Crippen molar-refractivity contribution in [1.82, 2.24) is 20.4 Å². The molecule has 0 radical (unpaired) electrons. The summed E-state index contributed by atoms with van der Waals surface area (Å²) in [5, 5.41) is 37.2. The predicted molar refractivity (Wildman–Crippen MR) is 111 cm³/mol. The van der Waals surface area contributed by atoms with Gasteiger partial charge < -0.3 is 20.4 Å². The third-order valence-corrected chi connectivity index (χ3v) is 5.98. The molecule has 0 saturated heterocycles. The van der Waals surface area contributed by atoms with Gasteiger partial charge in [-0.2, -0.15) is 0 Å². The van der Waals surface area contributed by atoms with Crippen molar-refractivity contribution in [2.24, 2.45) is 0 Å². The van der Waals surface area contributed by atoms with Crippen molar-refractivity contribution in [3.63, 3.8) is 0 Å². The zero-order valence-corrected chi connectivity index (χ0v) is 17.1. The minimum atomic E-state index is -0.853. The molecule has 1 aliphatic heterocycles. The molecule has 1 aliphatic rings. The summed E-state index contributed by atoms with van der Waals surface area (Å²) in [4.78, 5) is 3.76. The van der Waals surface area contributed by atoms with Crippen LogP contribution in [-0.2, 0) is 6.54 Å². The van der Waals surface area contributed by atoms with Gasteiger partial charge in [0.2, 0.25) is 0 Å². The van der Waals surface area contributed by atoms with Gasteiger partial charge in [-0.05, 0) is 18.4 Å². The molecule has 28 heavy (non-hydrogen) atoms. The molecule has 7 nitrogen and oxygen atoms in total. The molecule has 4 rings (SSSR count). The van der Waals surface area contributed by atoms with Gasteiger partial charge in [-0.3, -0.25) is 0 Å². The number of aryl methyl sites for hydroxylation is 1. The molecule has 8 heteroatoms. The van der Waals surface area contributed by atoms with Gasteiger partial charge in [0.15, 0.2) is 0 Å². The Morgan fingerprint density at radius 2 is 1.86 bits per heavy atom. The van der Waals surface area contributed by atoms with E-state index in [4.69, 9.17) is 0 Å². The summed E-state index contributed by atoms with van der Waals surface area (Å²) in [7, 11) is 3.99.